The third-order valence-corrected chi connectivity index (χ3v) is 3.02. The Bertz CT molecular complexity index is 732. The molecule has 2 aromatic carbocycles. The normalized spacial score (nSPS) is 12.3. The second kappa shape index (κ2) is 6.93. The summed E-state index contributed by atoms with van der Waals surface area (Å²) in [6.45, 7) is 0. The highest BCUT2D eigenvalue weighted by molar-refractivity contribution is 6.31. The zero-order valence-corrected chi connectivity index (χ0v) is 12.1. The van der Waals surface area contributed by atoms with Gasteiger partial charge in [0.2, 0.25) is 6.17 Å². The third-order valence-electron chi connectivity index (χ3n) is 2.78. The molecule has 0 aliphatic rings. The summed E-state index contributed by atoms with van der Waals surface area (Å²) in [7, 11) is 0. The maximum Gasteiger partial charge on any atom is 0.345 e. The summed E-state index contributed by atoms with van der Waals surface area (Å²) in [4.78, 5) is 23.1. The minimum atomic E-state index is -1.49. The van der Waals surface area contributed by atoms with Gasteiger partial charge in [0, 0.05) is 10.6 Å². The summed E-state index contributed by atoms with van der Waals surface area (Å²) < 4.78 is 0. The van der Waals surface area contributed by atoms with Crippen LogP contribution in [0.3, 0.4) is 0 Å². The molecule has 2 rings (SSSR count). The van der Waals surface area contributed by atoms with E-state index in [1.165, 1.54) is 18.2 Å². The van der Waals surface area contributed by atoms with E-state index in [0.717, 1.165) is 0 Å². The third kappa shape index (κ3) is 3.75. The number of rotatable bonds is 5. The van der Waals surface area contributed by atoms with Crippen LogP contribution in [0.15, 0.2) is 58.8 Å². The van der Waals surface area contributed by atoms with Crippen molar-refractivity contribution >= 4 is 29.0 Å². The molecule has 0 radical (unpaired) electrons. The molecular formula is C15H12ClN3O3. The largest absolute Gasteiger partial charge is 0.479 e. The molecular weight excluding hydrogens is 306 g/mol. The Kier molecular flexibility index (Phi) is 4.98. The molecule has 0 saturated heterocycles. The highest BCUT2D eigenvalue weighted by Crippen LogP contribution is 2.26. The van der Waals surface area contributed by atoms with Crippen molar-refractivity contribution in [2.75, 3.05) is 0 Å². The van der Waals surface area contributed by atoms with Gasteiger partial charge >= 0.3 is 5.97 Å². The Labute approximate surface area is 131 Å². The molecule has 0 saturated carbocycles. The fourth-order valence-electron chi connectivity index (χ4n) is 1.70. The van der Waals surface area contributed by atoms with E-state index in [-0.39, 0.29) is 17.0 Å². The van der Waals surface area contributed by atoms with Gasteiger partial charge in [0.1, 0.15) is 0 Å². The lowest BCUT2D eigenvalue weighted by atomic mass is 10.0. The number of carboxylic acid groups (broad SMARTS) is 1. The van der Waals surface area contributed by atoms with Gasteiger partial charge in [-0.2, -0.15) is 10.2 Å². The number of hydrogen-bond acceptors (Lipinski definition) is 5. The first-order valence-corrected chi connectivity index (χ1v) is 6.65. The molecule has 0 heterocycles. The molecule has 1 unspecified atom stereocenters. The topological polar surface area (TPSA) is 105 Å². The van der Waals surface area contributed by atoms with Gasteiger partial charge in [-0.05, 0) is 18.2 Å². The maximum absolute atomic E-state index is 12.5. The fraction of sp³-hybridized carbons (Fsp3) is 0.0667. The number of azo groups is 1. The van der Waals surface area contributed by atoms with Crippen LogP contribution < -0.4 is 5.73 Å². The van der Waals surface area contributed by atoms with E-state index in [9.17, 15) is 9.59 Å². The van der Waals surface area contributed by atoms with E-state index < -0.39 is 12.1 Å². The van der Waals surface area contributed by atoms with E-state index in [2.05, 4.69) is 10.2 Å². The number of aliphatic carboxylic acids is 1. The van der Waals surface area contributed by atoms with E-state index in [0.29, 0.717) is 10.6 Å². The maximum atomic E-state index is 12.5. The van der Waals surface area contributed by atoms with Crippen molar-refractivity contribution in [3.05, 3.63) is 64.7 Å². The van der Waals surface area contributed by atoms with Gasteiger partial charge in [-0.3, -0.25) is 10.5 Å². The predicted octanol–water partition coefficient (Wildman–Crippen LogP) is 3.02. The molecule has 0 aliphatic heterocycles. The van der Waals surface area contributed by atoms with Gasteiger partial charge in [0.05, 0.1) is 11.3 Å². The average molecular weight is 318 g/mol. The van der Waals surface area contributed by atoms with Crippen molar-refractivity contribution < 1.29 is 14.7 Å². The summed E-state index contributed by atoms with van der Waals surface area (Å²) >= 11 is 5.92. The zero-order valence-electron chi connectivity index (χ0n) is 11.3. The molecule has 0 aromatic heterocycles. The molecule has 112 valence electrons. The van der Waals surface area contributed by atoms with Crippen LogP contribution >= 0.6 is 11.6 Å². The SMILES string of the molecule is NC(N=Nc1ccc(Cl)cc1C(=O)c1ccccc1)C(=O)O. The molecule has 2 aromatic rings. The Morgan fingerprint density at radius 3 is 2.45 bits per heavy atom. The van der Waals surface area contributed by atoms with Crippen molar-refractivity contribution in [3.8, 4) is 0 Å². The molecule has 6 nitrogen and oxygen atoms in total. The number of halogens is 1. The number of carbonyl (C=O) groups is 2. The minimum absolute atomic E-state index is 0.204. The van der Waals surface area contributed by atoms with Gasteiger partial charge < -0.3 is 5.11 Å². The van der Waals surface area contributed by atoms with Crippen LogP contribution in [0.4, 0.5) is 5.69 Å². The molecule has 0 amide bonds. The minimum Gasteiger partial charge on any atom is -0.479 e. The number of hydrogen-bond donors (Lipinski definition) is 2. The monoisotopic (exact) mass is 317 g/mol. The first-order chi connectivity index (χ1) is 10.5. The van der Waals surface area contributed by atoms with Gasteiger partial charge in [-0.15, -0.1) is 0 Å². The van der Waals surface area contributed by atoms with E-state index in [4.69, 9.17) is 22.4 Å². The van der Waals surface area contributed by atoms with Gasteiger partial charge in [0.15, 0.2) is 5.78 Å². The predicted molar refractivity (Wildman–Crippen MR) is 81.5 cm³/mol. The Hall–Kier alpha value is -2.57. The fourth-order valence-corrected chi connectivity index (χ4v) is 1.87. The Morgan fingerprint density at radius 1 is 1.14 bits per heavy atom. The molecule has 3 N–H and O–H groups in total. The molecule has 0 spiro atoms. The van der Waals surface area contributed by atoms with Crippen LogP contribution in [0.5, 0.6) is 0 Å². The van der Waals surface area contributed by atoms with Crippen molar-refractivity contribution in [2.24, 2.45) is 16.0 Å². The molecule has 0 aliphatic carbocycles. The van der Waals surface area contributed by atoms with Crippen LogP contribution in [-0.4, -0.2) is 23.0 Å². The summed E-state index contributed by atoms with van der Waals surface area (Å²) in [6.07, 6.45) is -1.49. The van der Waals surface area contributed by atoms with Gasteiger partial charge in [-0.1, -0.05) is 41.9 Å². The molecule has 22 heavy (non-hydrogen) atoms. The first-order valence-electron chi connectivity index (χ1n) is 6.27. The van der Waals surface area contributed by atoms with Crippen LogP contribution in [0, 0.1) is 0 Å². The lowest BCUT2D eigenvalue weighted by molar-refractivity contribution is -0.138. The smallest absolute Gasteiger partial charge is 0.345 e. The highest BCUT2D eigenvalue weighted by atomic mass is 35.5. The van der Waals surface area contributed by atoms with Crippen LogP contribution in [0.2, 0.25) is 5.02 Å². The summed E-state index contributed by atoms with van der Waals surface area (Å²) in [5.41, 5.74) is 6.15. The van der Waals surface area contributed by atoms with Crippen LogP contribution in [-0.2, 0) is 4.79 Å². The molecule has 0 bridgehead atoms. The van der Waals surface area contributed by atoms with E-state index in [1.807, 2.05) is 0 Å². The highest BCUT2D eigenvalue weighted by Gasteiger charge is 2.15. The van der Waals surface area contributed by atoms with Gasteiger partial charge in [-0.25, -0.2) is 4.79 Å². The molecule has 1 atom stereocenters. The average Bonchev–Trinajstić information content (AvgIpc) is 2.53. The summed E-state index contributed by atoms with van der Waals surface area (Å²) in [6, 6.07) is 13.1. The summed E-state index contributed by atoms with van der Waals surface area (Å²) in [5.74, 6) is -1.60. The van der Waals surface area contributed by atoms with Crippen molar-refractivity contribution in [2.45, 2.75) is 6.17 Å². The van der Waals surface area contributed by atoms with Crippen molar-refractivity contribution in [3.63, 3.8) is 0 Å². The number of carboxylic acids is 1. The van der Waals surface area contributed by atoms with E-state index >= 15 is 0 Å². The quantitative estimate of drug-likeness (QED) is 0.653. The summed E-state index contributed by atoms with van der Waals surface area (Å²) in [5, 5.41) is 16.3. The number of nitrogens with two attached hydrogens (primary N) is 1. The molecule has 0 fully saturated rings. The number of ketones is 1. The number of benzene rings is 2. The second-order valence-electron chi connectivity index (χ2n) is 4.36. The van der Waals surface area contributed by atoms with E-state index in [1.54, 1.807) is 30.3 Å². The van der Waals surface area contributed by atoms with Crippen LogP contribution in [0.25, 0.3) is 0 Å². The standard InChI is InChI=1S/C15H12ClN3O3/c16-10-6-7-12(18-19-14(17)15(21)22)11(8-10)13(20)9-4-2-1-3-5-9/h1-8,14H,17H2,(H,21,22). The van der Waals surface area contributed by atoms with Crippen LogP contribution in [0.1, 0.15) is 15.9 Å². The van der Waals surface area contributed by atoms with Gasteiger partial charge in [0.25, 0.3) is 0 Å². The van der Waals surface area contributed by atoms with Crippen molar-refractivity contribution in [1.82, 2.24) is 0 Å². The number of carbonyl (C=O) groups excluding carboxylic acids is 1. The Morgan fingerprint density at radius 2 is 1.82 bits per heavy atom. The van der Waals surface area contributed by atoms with Crippen molar-refractivity contribution in [1.29, 1.82) is 0 Å². The Balaban J connectivity index is 2.40. The molecule has 7 heteroatoms. The number of nitrogens with zero attached hydrogens (tertiary/aromatic N) is 2. The first kappa shape index (κ1) is 15.8. The second-order valence-corrected chi connectivity index (χ2v) is 4.79. The zero-order chi connectivity index (χ0) is 16.1. The lowest BCUT2D eigenvalue weighted by Crippen LogP contribution is -2.27. The lowest BCUT2D eigenvalue weighted by Gasteiger charge is -2.06.